The van der Waals surface area contributed by atoms with Crippen LogP contribution in [0.2, 0.25) is 0 Å². The first-order valence-electron chi connectivity index (χ1n) is 7.89. The molecule has 0 bridgehead atoms. The maximum atomic E-state index is 11.1. The Bertz CT molecular complexity index is 906. The third kappa shape index (κ3) is 2.47. The van der Waals surface area contributed by atoms with E-state index >= 15 is 0 Å². The number of aromatic nitrogens is 4. The van der Waals surface area contributed by atoms with Gasteiger partial charge in [0.2, 0.25) is 0 Å². The van der Waals surface area contributed by atoms with Crippen molar-refractivity contribution in [3.63, 3.8) is 0 Å². The highest BCUT2D eigenvalue weighted by Gasteiger charge is 2.27. The number of benzene rings is 1. The summed E-state index contributed by atoms with van der Waals surface area (Å²) in [6.45, 7) is 3.63. The Morgan fingerprint density at radius 3 is 2.79 bits per heavy atom. The summed E-state index contributed by atoms with van der Waals surface area (Å²) in [5.74, 6) is 0.250. The molecule has 2 aromatic heterocycles. The Kier molecular flexibility index (Phi) is 3.41. The first kappa shape index (κ1) is 14.6. The molecule has 1 aliphatic heterocycles. The van der Waals surface area contributed by atoms with Gasteiger partial charge in [0.1, 0.15) is 5.82 Å². The van der Waals surface area contributed by atoms with Gasteiger partial charge in [-0.15, -0.1) is 5.10 Å². The van der Waals surface area contributed by atoms with Crippen molar-refractivity contribution in [1.82, 2.24) is 19.6 Å². The SMILES string of the molecule is Cc1cc(N2CCC(c3ccccc3)C2)n2nc(C(=O)O)nc2n1. The van der Waals surface area contributed by atoms with Crippen LogP contribution in [0.25, 0.3) is 5.78 Å². The number of rotatable bonds is 3. The highest BCUT2D eigenvalue weighted by Crippen LogP contribution is 2.30. The van der Waals surface area contributed by atoms with Crippen LogP contribution >= 0.6 is 0 Å². The highest BCUT2D eigenvalue weighted by atomic mass is 16.4. The summed E-state index contributed by atoms with van der Waals surface area (Å²) in [4.78, 5) is 21.7. The lowest BCUT2D eigenvalue weighted by molar-refractivity contribution is 0.0684. The molecule has 1 fully saturated rings. The summed E-state index contributed by atoms with van der Waals surface area (Å²) in [7, 11) is 0. The smallest absolute Gasteiger partial charge is 0.375 e. The fourth-order valence-corrected chi connectivity index (χ4v) is 3.25. The lowest BCUT2D eigenvalue weighted by atomic mass is 9.99. The predicted octanol–water partition coefficient (Wildman–Crippen LogP) is 2.12. The minimum absolute atomic E-state index is 0.229. The van der Waals surface area contributed by atoms with E-state index in [2.05, 4.69) is 44.2 Å². The Balaban J connectivity index is 1.70. The molecule has 1 unspecified atom stereocenters. The zero-order valence-electron chi connectivity index (χ0n) is 13.3. The van der Waals surface area contributed by atoms with Crippen molar-refractivity contribution in [3.05, 3.63) is 53.5 Å². The molecule has 7 nitrogen and oxygen atoms in total. The fraction of sp³-hybridized carbons (Fsp3) is 0.294. The van der Waals surface area contributed by atoms with Crippen molar-refractivity contribution in [3.8, 4) is 0 Å². The van der Waals surface area contributed by atoms with Crippen LogP contribution in [-0.4, -0.2) is 43.7 Å². The van der Waals surface area contributed by atoms with Crippen molar-refractivity contribution in [2.45, 2.75) is 19.3 Å². The molecule has 0 saturated carbocycles. The summed E-state index contributed by atoms with van der Waals surface area (Å²) in [5, 5.41) is 13.2. The van der Waals surface area contributed by atoms with E-state index in [4.69, 9.17) is 5.11 Å². The number of aromatic carboxylic acids is 1. The van der Waals surface area contributed by atoms with Gasteiger partial charge in [0.15, 0.2) is 0 Å². The molecule has 1 saturated heterocycles. The van der Waals surface area contributed by atoms with Crippen LogP contribution in [0.1, 0.15) is 34.2 Å². The second-order valence-corrected chi connectivity index (χ2v) is 6.05. The number of aryl methyl sites for hydroxylation is 1. The molecule has 122 valence electrons. The Hall–Kier alpha value is -2.96. The second-order valence-electron chi connectivity index (χ2n) is 6.05. The lowest BCUT2D eigenvalue weighted by Crippen LogP contribution is -2.22. The molecule has 0 spiro atoms. The van der Waals surface area contributed by atoms with E-state index in [0.29, 0.717) is 11.7 Å². The quantitative estimate of drug-likeness (QED) is 0.795. The number of hydrogen-bond donors (Lipinski definition) is 1. The molecule has 0 radical (unpaired) electrons. The summed E-state index contributed by atoms with van der Waals surface area (Å²) < 4.78 is 1.53. The topological polar surface area (TPSA) is 83.6 Å². The first-order valence-corrected chi connectivity index (χ1v) is 7.89. The van der Waals surface area contributed by atoms with Crippen LogP contribution in [0, 0.1) is 6.92 Å². The lowest BCUT2D eigenvalue weighted by Gasteiger charge is -2.19. The molecule has 3 heterocycles. The van der Waals surface area contributed by atoms with E-state index in [1.54, 1.807) is 0 Å². The van der Waals surface area contributed by atoms with Gasteiger partial charge in [0.25, 0.3) is 11.6 Å². The molecular weight excluding hydrogens is 306 g/mol. The maximum Gasteiger partial charge on any atom is 0.375 e. The average Bonchev–Trinajstić information content (AvgIpc) is 3.22. The van der Waals surface area contributed by atoms with Crippen molar-refractivity contribution in [2.24, 2.45) is 0 Å². The van der Waals surface area contributed by atoms with Gasteiger partial charge in [0, 0.05) is 30.8 Å². The van der Waals surface area contributed by atoms with Crippen LogP contribution in [0.5, 0.6) is 0 Å². The maximum absolute atomic E-state index is 11.1. The van der Waals surface area contributed by atoms with Gasteiger partial charge in [-0.2, -0.15) is 9.50 Å². The molecular formula is C17H17N5O2. The monoisotopic (exact) mass is 323 g/mol. The molecule has 0 amide bonds. The molecule has 0 aliphatic carbocycles. The zero-order valence-corrected chi connectivity index (χ0v) is 13.3. The van der Waals surface area contributed by atoms with Gasteiger partial charge >= 0.3 is 5.97 Å². The molecule has 1 aliphatic rings. The Morgan fingerprint density at radius 2 is 2.04 bits per heavy atom. The number of carbonyl (C=O) groups is 1. The van der Waals surface area contributed by atoms with Gasteiger partial charge in [-0.05, 0) is 18.9 Å². The van der Waals surface area contributed by atoms with Crippen molar-refractivity contribution in [2.75, 3.05) is 18.0 Å². The number of hydrogen-bond acceptors (Lipinski definition) is 5. The van der Waals surface area contributed by atoms with Gasteiger partial charge < -0.3 is 10.0 Å². The van der Waals surface area contributed by atoms with Crippen LogP contribution in [0.3, 0.4) is 0 Å². The Labute approximate surface area is 138 Å². The standard InChI is InChI=1S/C17H17N5O2/c1-11-9-14(22-17(18-11)19-15(20-22)16(23)24)21-8-7-13(10-21)12-5-3-2-4-6-12/h2-6,9,13H,7-8,10H2,1H3,(H,23,24). The summed E-state index contributed by atoms with van der Waals surface area (Å²) in [6.07, 6.45) is 1.05. The summed E-state index contributed by atoms with van der Waals surface area (Å²) >= 11 is 0. The molecule has 24 heavy (non-hydrogen) atoms. The summed E-state index contributed by atoms with van der Waals surface area (Å²) in [5.41, 5.74) is 2.12. The van der Waals surface area contributed by atoms with E-state index in [1.165, 1.54) is 10.1 Å². The van der Waals surface area contributed by atoms with Crippen LogP contribution in [0.4, 0.5) is 5.82 Å². The van der Waals surface area contributed by atoms with Crippen molar-refractivity contribution < 1.29 is 9.90 Å². The van der Waals surface area contributed by atoms with E-state index in [9.17, 15) is 4.79 Å². The first-order chi connectivity index (χ1) is 11.6. The van der Waals surface area contributed by atoms with E-state index in [1.807, 2.05) is 19.1 Å². The molecule has 1 aromatic carbocycles. The Morgan fingerprint density at radius 1 is 1.25 bits per heavy atom. The minimum atomic E-state index is -1.15. The summed E-state index contributed by atoms with van der Waals surface area (Å²) in [6, 6.07) is 12.4. The molecule has 1 atom stereocenters. The van der Waals surface area contributed by atoms with Crippen molar-refractivity contribution in [1.29, 1.82) is 0 Å². The van der Waals surface area contributed by atoms with Crippen LogP contribution in [0.15, 0.2) is 36.4 Å². The highest BCUT2D eigenvalue weighted by molar-refractivity contribution is 5.83. The van der Waals surface area contributed by atoms with Gasteiger partial charge in [-0.25, -0.2) is 9.78 Å². The van der Waals surface area contributed by atoms with Gasteiger partial charge in [-0.1, -0.05) is 30.3 Å². The van der Waals surface area contributed by atoms with Gasteiger partial charge in [-0.3, -0.25) is 0 Å². The number of carboxylic acid groups (broad SMARTS) is 1. The predicted molar refractivity (Wildman–Crippen MR) is 88.5 cm³/mol. The second kappa shape index (κ2) is 5.59. The molecule has 3 aromatic rings. The van der Waals surface area contributed by atoms with Gasteiger partial charge in [0.05, 0.1) is 0 Å². The zero-order chi connectivity index (χ0) is 16.7. The normalized spacial score (nSPS) is 17.5. The van der Waals surface area contributed by atoms with E-state index in [-0.39, 0.29) is 5.82 Å². The molecule has 4 rings (SSSR count). The van der Waals surface area contributed by atoms with E-state index in [0.717, 1.165) is 31.0 Å². The number of carboxylic acids is 1. The average molecular weight is 323 g/mol. The number of anilines is 1. The molecule has 1 N–H and O–H groups in total. The third-order valence-corrected chi connectivity index (χ3v) is 4.40. The third-order valence-electron chi connectivity index (χ3n) is 4.40. The largest absolute Gasteiger partial charge is 0.475 e. The van der Waals surface area contributed by atoms with Crippen LogP contribution in [-0.2, 0) is 0 Å². The molecule has 7 heteroatoms. The van der Waals surface area contributed by atoms with Crippen LogP contribution < -0.4 is 4.90 Å². The number of nitrogens with zero attached hydrogens (tertiary/aromatic N) is 5. The fourth-order valence-electron chi connectivity index (χ4n) is 3.25. The van der Waals surface area contributed by atoms with Crippen molar-refractivity contribution >= 4 is 17.6 Å². The minimum Gasteiger partial charge on any atom is -0.475 e. The number of fused-ring (bicyclic) bond motifs is 1. The van der Waals surface area contributed by atoms with E-state index < -0.39 is 5.97 Å².